The molecule has 4 aromatic rings. The summed E-state index contributed by atoms with van der Waals surface area (Å²) >= 11 is 0. The van der Waals surface area contributed by atoms with Crippen molar-refractivity contribution < 1.29 is 9.18 Å². The minimum absolute atomic E-state index is 0.305. The Balaban J connectivity index is 1.68. The molecule has 0 aliphatic carbocycles. The van der Waals surface area contributed by atoms with Crippen LogP contribution in [0.5, 0.6) is 0 Å². The number of carbonyl (C=O) groups excluding carboxylic acids is 1. The molecule has 0 atom stereocenters. The Hall–Kier alpha value is -2.99. The van der Waals surface area contributed by atoms with Crippen LogP contribution in [0.2, 0.25) is 0 Å². The lowest BCUT2D eigenvalue weighted by molar-refractivity contribution is 0.111. The molecule has 0 amide bonds. The predicted octanol–water partition coefficient (Wildman–Crippen LogP) is 4.00. The zero-order valence-corrected chi connectivity index (χ0v) is 15.5. The fraction of sp³-hybridized carbons (Fsp3) is 0.273. The van der Waals surface area contributed by atoms with Crippen molar-refractivity contribution in [1.29, 1.82) is 0 Å². The molecular weight excluding hydrogens is 355 g/mol. The quantitative estimate of drug-likeness (QED) is 0.495. The average molecular weight is 376 g/mol. The topological polar surface area (TPSA) is 42.5 Å². The second kappa shape index (κ2) is 6.87. The van der Waals surface area contributed by atoms with E-state index in [1.54, 1.807) is 12.1 Å². The van der Waals surface area contributed by atoms with Crippen LogP contribution in [0.25, 0.3) is 28.1 Å². The number of nitrogens with zero attached hydrogens (tertiary/aromatic N) is 4. The van der Waals surface area contributed by atoms with E-state index in [1.807, 2.05) is 22.6 Å². The molecule has 1 fully saturated rings. The van der Waals surface area contributed by atoms with Gasteiger partial charge >= 0.3 is 0 Å². The molecule has 0 spiro atoms. The van der Waals surface area contributed by atoms with Crippen LogP contribution in [0.15, 0.2) is 48.5 Å². The summed E-state index contributed by atoms with van der Waals surface area (Å²) in [5.74, 6) is 0.447. The van der Waals surface area contributed by atoms with E-state index in [2.05, 4.69) is 15.5 Å². The highest BCUT2D eigenvalue weighted by Crippen LogP contribution is 2.29. The fourth-order valence-electron chi connectivity index (χ4n) is 4.23. The van der Waals surface area contributed by atoms with Gasteiger partial charge in [0.2, 0.25) is 5.78 Å². The van der Waals surface area contributed by atoms with Gasteiger partial charge in [-0.25, -0.2) is 9.37 Å². The molecular formula is C22H21FN4O. The van der Waals surface area contributed by atoms with Crippen molar-refractivity contribution in [2.75, 3.05) is 19.6 Å². The van der Waals surface area contributed by atoms with Crippen LogP contribution in [-0.2, 0) is 6.54 Å². The highest BCUT2D eigenvalue weighted by Gasteiger charge is 2.21. The Morgan fingerprint density at radius 1 is 0.964 bits per heavy atom. The van der Waals surface area contributed by atoms with E-state index in [0.29, 0.717) is 11.4 Å². The number of para-hydroxylation sites is 2. The lowest BCUT2D eigenvalue weighted by Crippen LogP contribution is -2.24. The van der Waals surface area contributed by atoms with Crippen LogP contribution < -0.4 is 0 Å². The van der Waals surface area contributed by atoms with E-state index < -0.39 is 0 Å². The first kappa shape index (κ1) is 17.1. The monoisotopic (exact) mass is 376 g/mol. The van der Waals surface area contributed by atoms with Crippen LogP contribution in [-0.4, -0.2) is 44.8 Å². The fourth-order valence-corrected chi connectivity index (χ4v) is 4.23. The Bertz CT molecular complexity index is 1150. The van der Waals surface area contributed by atoms with E-state index in [1.165, 1.54) is 25.0 Å². The summed E-state index contributed by atoms with van der Waals surface area (Å²) in [4.78, 5) is 19.3. The molecule has 0 saturated carbocycles. The number of aromatic nitrogens is 3. The number of aldehydes is 1. The molecule has 1 saturated heterocycles. The van der Waals surface area contributed by atoms with Gasteiger partial charge in [0.25, 0.3) is 0 Å². The summed E-state index contributed by atoms with van der Waals surface area (Å²) in [6, 6.07) is 14.2. The van der Waals surface area contributed by atoms with Crippen LogP contribution in [0.4, 0.5) is 4.39 Å². The number of halogens is 1. The van der Waals surface area contributed by atoms with Gasteiger partial charge < -0.3 is 9.47 Å². The molecule has 5 nitrogen and oxygen atoms in total. The third-order valence-corrected chi connectivity index (χ3v) is 5.62. The molecule has 3 heterocycles. The van der Waals surface area contributed by atoms with E-state index in [0.717, 1.165) is 54.8 Å². The highest BCUT2D eigenvalue weighted by molar-refractivity contribution is 5.91. The third-order valence-electron chi connectivity index (χ3n) is 5.62. The Morgan fingerprint density at radius 2 is 1.68 bits per heavy atom. The lowest BCUT2D eigenvalue weighted by atomic mass is 10.1. The van der Waals surface area contributed by atoms with E-state index in [4.69, 9.17) is 4.98 Å². The maximum absolute atomic E-state index is 13.3. The number of imidazole rings is 2. The first-order valence-electron chi connectivity index (χ1n) is 9.69. The van der Waals surface area contributed by atoms with E-state index in [-0.39, 0.29) is 5.82 Å². The Labute approximate surface area is 162 Å². The summed E-state index contributed by atoms with van der Waals surface area (Å²) in [5.41, 5.74) is 3.85. The molecule has 0 N–H and O–H groups in total. The van der Waals surface area contributed by atoms with Crippen molar-refractivity contribution in [2.45, 2.75) is 19.4 Å². The van der Waals surface area contributed by atoms with Crippen molar-refractivity contribution in [2.24, 2.45) is 0 Å². The maximum atomic E-state index is 13.3. The van der Waals surface area contributed by atoms with Crippen LogP contribution in [0.3, 0.4) is 0 Å². The number of hydrogen-bond acceptors (Lipinski definition) is 3. The smallest absolute Gasteiger partial charge is 0.216 e. The first-order valence-corrected chi connectivity index (χ1v) is 9.69. The largest absolute Gasteiger partial charge is 0.308 e. The third kappa shape index (κ3) is 2.72. The molecule has 5 rings (SSSR count). The maximum Gasteiger partial charge on any atom is 0.216 e. The normalized spacial score (nSPS) is 15.0. The number of hydrogen-bond donors (Lipinski definition) is 0. The summed E-state index contributed by atoms with van der Waals surface area (Å²) < 4.78 is 17.5. The molecule has 28 heavy (non-hydrogen) atoms. The van der Waals surface area contributed by atoms with E-state index >= 15 is 0 Å². The molecule has 0 unspecified atom stereocenters. The van der Waals surface area contributed by atoms with Gasteiger partial charge in [-0.15, -0.1) is 0 Å². The molecule has 1 aliphatic heterocycles. The van der Waals surface area contributed by atoms with E-state index in [9.17, 15) is 9.18 Å². The van der Waals surface area contributed by atoms with Crippen molar-refractivity contribution in [3.8, 4) is 11.3 Å². The van der Waals surface area contributed by atoms with Gasteiger partial charge in [0.05, 0.1) is 11.0 Å². The molecule has 2 aromatic heterocycles. The van der Waals surface area contributed by atoms with Crippen LogP contribution in [0, 0.1) is 5.82 Å². The van der Waals surface area contributed by atoms with Gasteiger partial charge in [-0.1, -0.05) is 12.1 Å². The molecule has 0 radical (unpaired) electrons. The Morgan fingerprint density at radius 3 is 2.39 bits per heavy atom. The number of fused-ring (bicyclic) bond motifs is 3. The highest BCUT2D eigenvalue weighted by atomic mass is 19.1. The second-order valence-corrected chi connectivity index (χ2v) is 7.29. The summed E-state index contributed by atoms with van der Waals surface area (Å²) in [7, 11) is 0. The van der Waals surface area contributed by atoms with Gasteiger partial charge in [0.1, 0.15) is 17.2 Å². The average Bonchev–Trinajstić information content (AvgIpc) is 3.42. The number of benzene rings is 2. The molecule has 2 aromatic carbocycles. The van der Waals surface area contributed by atoms with Gasteiger partial charge in [0, 0.05) is 18.7 Å². The lowest BCUT2D eigenvalue weighted by Gasteiger charge is -2.15. The standard InChI is InChI=1S/C22H21FN4O/c23-17-9-7-16(8-10-17)21-20(15-28)27-19-6-2-1-5-18(19)26(22(27)24-21)14-13-25-11-3-4-12-25/h1-2,5-10,15H,3-4,11-14H2. The van der Waals surface area contributed by atoms with Crippen LogP contribution >= 0.6 is 0 Å². The van der Waals surface area contributed by atoms with Gasteiger partial charge in [-0.2, -0.15) is 0 Å². The molecule has 1 aliphatic rings. The molecule has 142 valence electrons. The predicted molar refractivity (Wildman–Crippen MR) is 107 cm³/mol. The molecule has 0 bridgehead atoms. The van der Waals surface area contributed by atoms with Crippen molar-refractivity contribution in [1.82, 2.24) is 18.9 Å². The summed E-state index contributed by atoms with van der Waals surface area (Å²) in [6.45, 7) is 4.06. The minimum atomic E-state index is -0.305. The zero-order valence-electron chi connectivity index (χ0n) is 15.5. The number of carbonyl (C=O) groups is 1. The minimum Gasteiger partial charge on any atom is -0.308 e. The van der Waals surface area contributed by atoms with Crippen molar-refractivity contribution >= 4 is 23.1 Å². The first-order chi connectivity index (χ1) is 13.8. The van der Waals surface area contributed by atoms with Crippen molar-refractivity contribution in [3.63, 3.8) is 0 Å². The Kier molecular flexibility index (Phi) is 4.20. The second-order valence-electron chi connectivity index (χ2n) is 7.29. The number of likely N-dealkylation sites (tertiary alicyclic amines) is 1. The van der Waals surface area contributed by atoms with Crippen molar-refractivity contribution in [3.05, 3.63) is 60.0 Å². The van der Waals surface area contributed by atoms with Gasteiger partial charge in [-0.05, 0) is 62.3 Å². The van der Waals surface area contributed by atoms with Gasteiger partial charge in [0.15, 0.2) is 6.29 Å². The molecule has 6 heteroatoms. The van der Waals surface area contributed by atoms with Crippen LogP contribution in [0.1, 0.15) is 23.3 Å². The zero-order chi connectivity index (χ0) is 19.1. The number of rotatable bonds is 5. The summed E-state index contributed by atoms with van der Waals surface area (Å²) in [5, 5.41) is 0. The SMILES string of the molecule is O=Cc1c(-c2ccc(F)cc2)nc2n(CCN3CCCC3)c3ccccc3n12. The summed E-state index contributed by atoms with van der Waals surface area (Å²) in [6.07, 6.45) is 3.36. The van der Waals surface area contributed by atoms with Gasteiger partial charge in [-0.3, -0.25) is 9.20 Å².